The summed E-state index contributed by atoms with van der Waals surface area (Å²) in [4.78, 5) is 22.8. The number of carbonyl (C=O) groups excluding carboxylic acids is 1. The van der Waals surface area contributed by atoms with E-state index in [9.17, 15) is 14.7 Å². The maximum atomic E-state index is 12.0. The molecule has 0 aromatic rings. The lowest BCUT2D eigenvalue weighted by molar-refractivity contribution is -0.172. The van der Waals surface area contributed by atoms with Gasteiger partial charge in [0.25, 0.3) is 0 Å². The number of ether oxygens (including phenoxy) is 1. The average Bonchev–Trinajstić information content (AvgIpc) is 2.42. The van der Waals surface area contributed by atoms with Crippen LogP contribution in [0.15, 0.2) is 0 Å². The van der Waals surface area contributed by atoms with Crippen molar-refractivity contribution >= 4 is 11.9 Å². The first-order chi connectivity index (χ1) is 9.96. The summed E-state index contributed by atoms with van der Waals surface area (Å²) in [7, 11) is 0. The van der Waals surface area contributed by atoms with Gasteiger partial charge in [-0.1, -0.05) is 52.4 Å². The number of hydrogen-bond acceptors (Lipinski definition) is 4. The molecule has 0 aromatic heterocycles. The zero-order chi connectivity index (χ0) is 16.1. The number of hydrogen-bond donors (Lipinski definition) is 2. The summed E-state index contributed by atoms with van der Waals surface area (Å²) in [6, 6.07) is 0. The lowest BCUT2D eigenvalue weighted by Gasteiger charge is -2.24. The van der Waals surface area contributed by atoms with Gasteiger partial charge in [-0.2, -0.15) is 0 Å². The van der Waals surface area contributed by atoms with Gasteiger partial charge in [0.05, 0.1) is 13.0 Å². The minimum absolute atomic E-state index is 0.146. The van der Waals surface area contributed by atoms with Crippen LogP contribution in [0.2, 0.25) is 0 Å². The van der Waals surface area contributed by atoms with Crippen molar-refractivity contribution in [3.8, 4) is 0 Å². The normalized spacial score (nSPS) is 13.7. The fourth-order valence-electron chi connectivity index (χ4n) is 2.19. The summed E-state index contributed by atoms with van der Waals surface area (Å²) in [5, 5.41) is 19.2. The molecule has 0 aliphatic rings. The minimum Gasteiger partial charge on any atom is -0.481 e. The Balaban J connectivity index is 4.29. The highest BCUT2D eigenvalue weighted by Gasteiger charge is 2.39. The second-order valence-electron chi connectivity index (χ2n) is 5.61. The number of rotatable bonds is 13. The second kappa shape index (κ2) is 11.5. The van der Waals surface area contributed by atoms with E-state index in [4.69, 9.17) is 9.84 Å². The highest BCUT2D eigenvalue weighted by atomic mass is 16.5. The van der Waals surface area contributed by atoms with Crippen LogP contribution in [0, 0.1) is 0 Å². The second-order valence-corrected chi connectivity index (χ2v) is 5.61. The number of unbranched alkanes of at least 4 members (excludes halogenated alkanes) is 6. The van der Waals surface area contributed by atoms with E-state index in [0.717, 1.165) is 44.9 Å². The molecule has 0 saturated carbocycles. The molecule has 0 radical (unpaired) electrons. The molecule has 21 heavy (non-hydrogen) atoms. The summed E-state index contributed by atoms with van der Waals surface area (Å²) < 4.78 is 5.06. The van der Waals surface area contributed by atoms with Gasteiger partial charge < -0.3 is 14.9 Å². The summed E-state index contributed by atoms with van der Waals surface area (Å²) in [5.41, 5.74) is -1.88. The first-order valence-corrected chi connectivity index (χ1v) is 8.07. The Hall–Kier alpha value is -1.10. The average molecular weight is 302 g/mol. The van der Waals surface area contributed by atoms with Crippen LogP contribution in [-0.2, 0) is 14.3 Å². The van der Waals surface area contributed by atoms with Gasteiger partial charge in [0.15, 0.2) is 5.60 Å². The minimum atomic E-state index is -1.88. The zero-order valence-electron chi connectivity index (χ0n) is 13.4. The van der Waals surface area contributed by atoms with Crippen molar-refractivity contribution in [1.82, 2.24) is 0 Å². The first kappa shape index (κ1) is 19.9. The van der Waals surface area contributed by atoms with Crippen molar-refractivity contribution < 1.29 is 24.5 Å². The third kappa shape index (κ3) is 9.45. The SMILES string of the molecule is CCCCCCOC(=O)C(O)(CCCCCC)CC(=O)O. The molecule has 0 spiro atoms. The molecule has 0 heterocycles. The van der Waals surface area contributed by atoms with E-state index >= 15 is 0 Å². The molecule has 0 fully saturated rings. The van der Waals surface area contributed by atoms with E-state index < -0.39 is 24.0 Å². The maximum absolute atomic E-state index is 12.0. The summed E-state index contributed by atoms with van der Waals surface area (Å²) in [6.07, 6.45) is 7.00. The first-order valence-electron chi connectivity index (χ1n) is 8.07. The van der Waals surface area contributed by atoms with Crippen molar-refractivity contribution in [3.63, 3.8) is 0 Å². The lowest BCUT2D eigenvalue weighted by Crippen LogP contribution is -2.42. The molecular formula is C16H30O5. The Labute approximate surface area is 127 Å². The molecule has 5 nitrogen and oxygen atoms in total. The molecule has 5 heteroatoms. The number of carboxylic acid groups (broad SMARTS) is 1. The Bertz CT molecular complexity index is 303. The molecule has 0 amide bonds. The van der Waals surface area contributed by atoms with E-state index in [0.29, 0.717) is 6.42 Å². The van der Waals surface area contributed by atoms with Crippen molar-refractivity contribution in [2.45, 2.75) is 83.7 Å². The molecular weight excluding hydrogens is 272 g/mol. The Morgan fingerprint density at radius 1 is 0.952 bits per heavy atom. The van der Waals surface area contributed by atoms with Crippen molar-refractivity contribution in [2.24, 2.45) is 0 Å². The molecule has 0 bridgehead atoms. The topological polar surface area (TPSA) is 83.8 Å². The summed E-state index contributed by atoms with van der Waals surface area (Å²) in [5.74, 6) is -1.98. The van der Waals surface area contributed by atoms with Gasteiger partial charge in [-0.25, -0.2) is 4.79 Å². The molecule has 124 valence electrons. The monoisotopic (exact) mass is 302 g/mol. The number of carbonyl (C=O) groups is 2. The molecule has 0 aliphatic heterocycles. The molecule has 2 N–H and O–H groups in total. The van der Waals surface area contributed by atoms with Crippen molar-refractivity contribution in [3.05, 3.63) is 0 Å². The number of carboxylic acids is 1. The van der Waals surface area contributed by atoms with Crippen molar-refractivity contribution in [1.29, 1.82) is 0 Å². The van der Waals surface area contributed by atoms with Gasteiger partial charge in [-0.05, 0) is 19.3 Å². The van der Waals surface area contributed by atoms with Crippen LogP contribution in [0.4, 0.5) is 0 Å². The summed E-state index contributed by atoms with van der Waals surface area (Å²) >= 11 is 0. The fourth-order valence-corrected chi connectivity index (χ4v) is 2.19. The van der Waals surface area contributed by atoms with Gasteiger partial charge >= 0.3 is 11.9 Å². The van der Waals surface area contributed by atoms with Crippen LogP contribution < -0.4 is 0 Å². The zero-order valence-corrected chi connectivity index (χ0v) is 13.4. The van der Waals surface area contributed by atoms with E-state index in [1.807, 2.05) is 0 Å². The van der Waals surface area contributed by atoms with Gasteiger partial charge in [0.1, 0.15) is 0 Å². The van der Waals surface area contributed by atoms with Crippen LogP contribution >= 0.6 is 0 Å². The van der Waals surface area contributed by atoms with Crippen molar-refractivity contribution in [2.75, 3.05) is 6.61 Å². The van der Waals surface area contributed by atoms with Gasteiger partial charge in [-0.3, -0.25) is 4.79 Å². The maximum Gasteiger partial charge on any atom is 0.338 e. The smallest absolute Gasteiger partial charge is 0.338 e. The Morgan fingerprint density at radius 2 is 1.52 bits per heavy atom. The van der Waals surface area contributed by atoms with Crippen LogP contribution in [-0.4, -0.2) is 34.4 Å². The summed E-state index contributed by atoms with van der Waals surface area (Å²) in [6.45, 7) is 4.40. The van der Waals surface area contributed by atoms with E-state index in [1.165, 1.54) is 0 Å². The Kier molecular flexibility index (Phi) is 10.9. The molecule has 0 aromatic carbocycles. The largest absolute Gasteiger partial charge is 0.481 e. The van der Waals surface area contributed by atoms with E-state index in [1.54, 1.807) is 0 Å². The molecule has 0 rings (SSSR count). The highest BCUT2D eigenvalue weighted by molar-refractivity contribution is 5.85. The number of aliphatic carboxylic acids is 1. The van der Waals surface area contributed by atoms with Crippen LogP contribution in [0.25, 0.3) is 0 Å². The molecule has 0 saturated heterocycles. The van der Waals surface area contributed by atoms with E-state index in [2.05, 4.69) is 13.8 Å². The van der Waals surface area contributed by atoms with Crippen LogP contribution in [0.5, 0.6) is 0 Å². The molecule has 1 atom stereocenters. The third-order valence-corrected chi connectivity index (χ3v) is 3.50. The highest BCUT2D eigenvalue weighted by Crippen LogP contribution is 2.22. The van der Waals surface area contributed by atoms with Gasteiger partial charge in [0.2, 0.25) is 0 Å². The quantitative estimate of drug-likeness (QED) is 0.403. The predicted octanol–water partition coefficient (Wildman–Crippen LogP) is 3.29. The number of esters is 1. The predicted molar refractivity (Wildman–Crippen MR) is 81.1 cm³/mol. The van der Waals surface area contributed by atoms with E-state index in [-0.39, 0.29) is 13.0 Å². The standard InChI is InChI=1S/C16H30O5/c1-3-5-7-9-11-16(20,13-14(17)18)15(19)21-12-10-8-6-4-2/h20H,3-13H2,1-2H3,(H,17,18). The van der Waals surface area contributed by atoms with Gasteiger partial charge in [0, 0.05) is 0 Å². The van der Waals surface area contributed by atoms with Crippen LogP contribution in [0.1, 0.15) is 78.1 Å². The number of aliphatic hydroxyl groups is 1. The lowest BCUT2D eigenvalue weighted by atomic mass is 9.92. The Morgan fingerprint density at radius 3 is 2.05 bits per heavy atom. The van der Waals surface area contributed by atoms with Crippen LogP contribution in [0.3, 0.4) is 0 Å². The fraction of sp³-hybridized carbons (Fsp3) is 0.875. The van der Waals surface area contributed by atoms with Gasteiger partial charge in [-0.15, -0.1) is 0 Å². The molecule has 1 unspecified atom stereocenters. The molecule has 0 aliphatic carbocycles. The third-order valence-electron chi connectivity index (χ3n) is 3.50.